The van der Waals surface area contributed by atoms with E-state index < -0.39 is 5.60 Å². The Hall–Kier alpha value is -2.02. The topological polar surface area (TPSA) is 66.9 Å². The van der Waals surface area contributed by atoms with Gasteiger partial charge in [0.15, 0.2) is 0 Å². The van der Waals surface area contributed by atoms with Gasteiger partial charge in [-0.3, -0.25) is 0 Å². The molecule has 0 spiro atoms. The first-order valence-corrected chi connectivity index (χ1v) is 9.49. The SMILES string of the molecule is CC(C)(C)OC(=O)N1CC(Oc2cc(N3C4CCC3CNC4)ccn2)C1. The van der Waals surface area contributed by atoms with Crippen LogP contribution in [0, 0.1) is 0 Å². The minimum absolute atomic E-state index is 0.0231. The summed E-state index contributed by atoms with van der Waals surface area (Å²) in [6.45, 7) is 8.79. The monoisotopic (exact) mass is 360 g/mol. The van der Waals surface area contributed by atoms with E-state index in [0.717, 1.165) is 13.1 Å². The maximum absolute atomic E-state index is 12.0. The van der Waals surface area contributed by atoms with E-state index >= 15 is 0 Å². The Morgan fingerprint density at radius 1 is 1.23 bits per heavy atom. The molecule has 1 aromatic rings. The standard InChI is InChI=1S/C19H28N4O3/c1-19(2,3)26-18(24)22-11-16(12-22)25-17-8-13(6-7-21-17)23-14-4-5-15(23)10-20-9-14/h6-8,14-16,20H,4-5,9-12H2,1-3H3. The Morgan fingerprint density at radius 2 is 1.92 bits per heavy atom. The lowest BCUT2D eigenvalue weighted by Gasteiger charge is -2.39. The highest BCUT2D eigenvalue weighted by Gasteiger charge is 2.38. The van der Waals surface area contributed by atoms with Crippen molar-refractivity contribution in [1.82, 2.24) is 15.2 Å². The Labute approximate surface area is 154 Å². The van der Waals surface area contributed by atoms with Crippen molar-refractivity contribution < 1.29 is 14.3 Å². The van der Waals surface area contributed by atoms with Gasteiger partial charge in [-0.15, -0.1) is 0 Å². The van der Waals surface area contributed by atoms with E-state index in [9.17, 15) is 4.79 Å². The van der Waals surface area contributed by atoms with Crippen molar-refractivity contribution in [2.75, 3.05) is 31.1 Å². The predicted molar refractivity (Wildman–Crippen MR) is 98.6 cm³/mol. The Balaban J connectivity index is 1.34. The summed E-state index contributed by atoms with van der Waals surface area (Å²) >= 11 is 0. The number of nitrogens with one attached hydrogen (secondary N) is 1. The molecule has 3 aliphatic rings. The van der Waals surface area contributed by atoms with Gasteiger partial charge in [0.1, 0.15) is 11.7 Å². The summed E-state index contributed by atoms with van der Waals surface area (Å²) in [6.07, 6.45) is 3.99. The molecule has 0 aromatic carbocycles. The average molecular weight is 360 g/mol. The largest absolute Gasteiger partial charge is 0.471 e. The number of rotatable bonds is 3. The number of carbonyl (C=O) groups is 1. The van der Waals surface area contributed by atoms with Gasteiger partial charge in [-0.05, 0) is 39.7 Å². The van der Waals surface area contributed by atoms with Crippen molar-refractivity contribution in [1.29, 1.82) is 0 Å². The van der Waals surface area contributed by atoms with Crippen LogP contribution in [-0.4, -0.2) is 65.9 Å². The number of anilines is 1. The van der Waals surface area contributed by atoms with E-state index in [1.807, 2.05) is 33.0 Å². The van der Waals surface area contributed by atoms with Crippen LogP contribution in [0.4, 0.5) is 10.5 Å². The smallest absolute Gasteiger partial charge is 0.410 e. The van der Waals surface area contributed by atoms with Gasteiger partial charge >= 0.3 is 6.09 Å². The fourth-order valence-electron chi connectivity index (χ4n) is 3.98. The number of piperazine rings is 1. The van der Waals surface area contributed by atoms with Gasteiger partial charge in [0, 0.05) is 43.1 Å². The molecular weight excluding hydrogens is 332 g/mol. The maximum atomic E-state index is 12.0. The second-order valence-corrected chi connectivity index (χ2v) is 8.43. The first kappa shape index (κ1) is 17.4. The molecule has 0 radical (unpaired) electrons. The van der Waals surface area contributed by atoms with Crippen LogP contribution in [-0.2, 0) is 4.74 Å². The first-order valence-electron chi connectivity index (χ1n) is 9.49. The van der Waals surface area contributed by atoms with Gasteiger partial charge in [0.25, 0.3) is 0 Å². The Kier molecular flexibility index (Phi) is 4.42. The highest BCUT2D eigenvalue weighted by Crippen LogP contribution is 2.33. The summed E-state index contributed by atoms with van der Waals surface area (Å²) in [5.74, 6) is 0.634. The maximum Gasteiger partial charge on any atom is 0.410 e. The molecule has 2 bridgehead atoms. The third-order valence-electron chi connectivity index (χ3n) is 5.18. The number of pyridine rings is 1. The number of amides is 1. The van der Waals surface area contributed by atoms with Crippen LogP contribution in [0.15, 0.2) is 18.3 Å². The number of hydrogen-bond donors (Lipinski definition) is 1. The van der Waals surface area contributed by atoms with Crippen LogP contribution >= 0.6 is 0 Å². The number of ether oxygens (including phenoxy) is 2. The highest BCUT2D eigenvalue weighted by molar-refractivity contribution is 5.69. The summed E-state index contributed by atoms with van der Waals surface area (Å²) in [5, 5.41) is 3.51. The molecule has 0 aliphatic carbocycles. The van der Waals surface area contributed by atoms with Gasteiger partial charge in [0.05, 0.1) is 13.1 Å². The molecule has 2 atom stereocenters. The van der Waals surface area contributed by atoms with Gasteiger partial charge in [-0.1, -0.05) is 0 Å². The fourth-order valence-corrected chi connectivity index (χ4v) is 3.98. The average Bonchev–Trinajstić information content (AvgIpc) is 2.78. The third-order valence-corrected chi connectivity index (χ3v) is 5.18. The molecule has 4 heterocycles. The number of likely N-dealkylation sites (tertiary alicyclic amines) is 1. The summed E-state index contributed by atoms with van der Waals surface area (Å²) < 4.78 is 11.4. The predicted octanol–water partition coefficient (Wildman–Crippen LogP) is 2.02. The van der Waals surface area contributed by atoms with Crippen molar-refractivity contribution in [3.8, 4) is 5.88 Å². The zero-order valence-corrected chi connectivity index (χ0v) is 15.8. The van der Waals surface area contributed by atoms with Crippen molar-refractivity contribution in [3.63, 3.8) is 0 Å². The molecule has 26 heavy (non-hydrogen) atoms. The van der Waals surface area contributed by atoms with Crippen LogP contribution in [0.5, 0.6) is 5.88 Å². The van der Waals surface area contributed by atoms with Crippen LogP contribution in [0.25, 0.3) is 0 Å². The Bertz CT molecular complexity index is 653. The molecule has 0 saturated carbocycles. The van der Waals surface area contributed by atoms with E-state index in [4.69, 9.17) is 9.47 Å². The minimum Gasteiger partial charge on any atom is -0.471 e. The Morgan fingerprint density at radius 3 is 2.58 bits per heavy atom. The van der Waals surface area contributed by atoms with Gasteiger partial charge in [-0.25, -0.2) is 9.78 Å². The molecule has 3 aliphatic heterocycles. The molecule has 1 aromatic heterocycles. The molecule has 1 amide bonds. The van der Waals surface area contributed by atoms with Crippen LogP contribution in [0.3, 0.4) is 0 Å². The summed E-state index contributed by atoms with van der Waals surface area (Å²) in [7, 11) is 0. The molecule has 3 saturated heterocycles. The minimum atomic E-state index is -0.471. The van der Waals surface area contributed by atoms with Crippen LogP contribution in [0.1, 0.15) is 33.6 Å². The number of hydrogen-bond acceptors (Lipinski definition) is 6. The molecule has 142 valence electrons. The quantitative estimate of drug-likeness (QED) is 0.890. The number of carbonyl (C=O) groups excluding carboxylic acids is 1. The molecule has 3 fully saturated rings. The van der Waals surface area contributed by atoms with Crippen molar-refractivity contribution in [2.45, 2.75) is 57.4 Å². The lowest BCUT2D eigenvalue weighted by atomic mass is 10.1. The molecular formula is C19H28N4O3. The lowest BCUT2D eigenvalue weighted by Crippen LogP contribution is -2.57. The number of aromatic nitrogens is 1. The number of nitrogens with zero attached hydrogens (tertiary/aromatic N) is 3. The second-order valence-electron chi connectivity index (χ2n) is 8.43. The van der Waals surface area contributed by atoms with E-state index in [2.05, 4.69) is 21.3 Å². The van der Waals surface area contributed by atoms with Crippen molar-refractivity contribution in [2.24, 2.45) is 0 Å². The third kappa shape index (κ3) is 3.58. The first-order chi connectivity index (χ1) is 12.4. The second kappa shape index (κ2) is 6.61. The zero-order valence-electron chi connectivity index (χ0n) is 15.8. The van der Waals surface area contributed by atoms with Crippen molar-refractivity contribution >= 4 is 11.8 Å². The van der Waals surface area contributed by atoms with Crippen LogP contribution < -0.4 is 15.0 Å². The van der Waals surface area contributed by atoms with E-state index in [1.54, 1.807) is 4.90 Å². The molecule has 4 rings (SSSR count). The molecule has 1 N–H and O–H groups in total. The summed E-state index contributed by atoms with van der Waals surface area (Å²) in [4.78, 5) is 20.5. The lowest BCUT2D eigenvalue weighted by molar-refractivity contribution is -0.0232. The number of fused-ring (bicyclic) bond motifs is 2. The molecule has 2 unspecified atom stereocenters. The fraction of sp³-hybridized carbons (Fsp3) is 0.684. The molecule has 7 heteroatoms. The molecule has 7 nitrogen and oxygen atoms in total. The normalized spacial score (nSPS) is 25.8. The summed E-state index contributed by atoms with van der Waals surface area (Å²) in [6, 6.07) is 5.23. The zero-order chi connectivity index (χ0) is 18.3. The van der Waals surface area contributed by atoms with Gasteiger partial charge in [0.2, 0.25) is 5.88 Å². The van der Waals surface area contributed by atoms with Gasteiger partial charge < -0.3 is 24.6 Å². The van der Waals surface area contributed by atoms with Crippen molar-refractivity contribution in [3.05, 3.63) is 18.3 Å². The van der Waals surface area contributed by atoms with Crippen LogP contribution in [0.2, 0.25) is 0 Å². The van der Waals surface area contributed by atoms with E-state index in [-0.39, 0.29) is 12.2 Å². The van der Waals surface area contributed by atoms with E-state index in [1.165, 1.54) is 18.5 Å². The summed E-state index contributed by atoms with van der Waals surface area (Å²) in [5.41, 5.74) is 0.717. The highest BCUT2D eigenvalue weighted by atomic mass is 16.6. The van der Waals surface area contributed by atoms with Gasteiger partial charge in [-0.2, -0.15) is 0 Å². The van der Waals surface area contributed by atoms with E-state index in [0.29, 0.717) is 31.1 Å².